The number of esters is 1. The van der Waals surface area contributed by atoms with Crippen molar-refractivity contribution in [1.29, 1.82) is 0 Å². The SMILES string of the molecule is COC(=O)[C@H](CC(=O)NCc1ccccc1)NC(=O)CNC(C)=O. The van der Waals surface area contributed by atoms with Gasteiger partial charge in [-0.1, -0.05) is 30.3 Å². The molecular weight excluding hydrogens is 314 g/mol. The largest absolute Gasteiger partial charge is 0.467 e. The first-order valence-electron chi connectivity index (χ1n) is 7.34. The van der Waals surface area contributed by atoms with E-state index in [0.29, 0.717) is 6.54 Å². The Hall–Kier alpha value is -2.90. The van der Waals surface area contributed by atoms with Crippen LogP contribution in [0.4, 0.5) is 0 Å². The second-order valence-electron chi connectivity index (χ2n) is 5.02. The Labute approximate surface area is 139 Å². The van der Waals surface area contributed by atoms with Gasteiger partial charge in [0.15, 0.2) is 0 Å². The van der Waals surface area contributed by atoms with Crippen LogP contribution in [0.3, 0.4) is 0 Å². The summed E-state index contributed by atoms with van der Waals surface area (Å²) >= 11 is 0. The molecule has 0 fully saturated rings. The van der Waals surface area contributed by atoms with E-state index in [1.54, 1.807) is 0 Å². The normalized spacial score (nSPS) is 11.1. The molecule has 0 radical (unpaired) electrons. The lowest BCUT2D eigenvalue weighted by Crippen LogP contribution is -2.47. The number of hydrogen-bond donors (Lipinski definition) is 3. The van der Waals surface area contributed by atoms with Gasteiger partial charge < -0.3 is 20.7 Å². The summed E-state index contributed by atoms with van der Waals surface area (Å²) in [4.78, 5) is 46.1. The number of carbonyl (C=O) groups is 4. The monoisotopic (exact) mass is 335 g/mol. The minimum atomic E-state index is -1.12. The maximum Gasteiger partial charge on any atom is 0.328 e. The van der Waals surface area contributed by atoms with Crippen LogP contribution in [0.1, 0.15) is 18.9 Å². The highest BCUT2D eigenvalue weighted by atomic mass is 16.5. The second-order valence-corrected chi connectivity index (χ2v) is 5.02. The molecule has 24 heavy (non-hydrogen) atoms. The molecule has 0 aliphatic rings. The highest BCUT2D eigenvalue weighted by molar-refractivity contribution is 5.91. The van der Waals surface area contributed by atoms with Gasteiger partial charge in [0.2, 0.25) is 17.7 Å². The standard InChI is InChI=1S/C16H21N3O5/c1-11(20)17-10-15(22)19-13(16(23)24-2)8-14(21)18-9-12-6-4-3-5-7-12/h3-7,13H,8-10H2,1-2H3,(H,17,20)(H,18,21)(H,19,22)/t13-/m0/s1. The summed E-state index contributed by atoms with van der Waals surface area (Å²) in [6, 6.07) is 8.15. The molecular formula is C16H21N3O5. The van der Waals surface area contributed by atoms with Gasteiger partial charge in [-0.05, 0) is 5.56 Å². The molecule has 3 N–H and O–H groups in total. The number of methoxy groups -OCH3 is 1. The number of ether oxygens (including phenoxy) is 1. The van der Waals surface area contributed by atoms with Gasteiger partial charge in [-0.25, -0.2) is 4.79 Å². The van der Waals surface area contributed by atoms with E-state index < -0.39 is 23.8 Å². The summed E-state index contributed by atoms with van der Waals surface area (Å²) in [5.74, 6) is -2.10. The quantitative estimate of drug-likeness (QED) is 0.554. The Morgan fingerprint density at radius 1 is 1.04 bits per heavy atom. The average molecular weight is 335 g/mol. The third kappa shape index (κ3) is 7.39. The van der Waals surface area contributed by atoms with Gasteiger partial charge in [0, 0.05) is 13.5 Å². The van der Waals surface area contributed by atoms with Crippen molar-refractivity contribution in [2.75, 3.05) is 13.7 Å². The molecule has 8 heteroatoms. The summed E-state index contributed by atoms with van der Waals surface area (Å²) in [7, 11) is 1.16. The Kier molecular flexibility index (Phi) is 7.97. The molecule has 0 bridgehead atoms. The van der Waals surface area contributed by atoms with E-state index in [4.69, 9.17) is 0 Å². The second kappa shape index (κ2) is 9.98. The lowest BCUT2D eigenvalue weighted by molar-refractivity contribution is -0.146. The molecule has 8 nitrogen and oxygen atoms in total. The maximum absolute atomic E-state index is 12.0. The molecule has 0 spiro atoms. The third-order valence-electron chi connectivity index (χ3n) is 3.04. The topological polar surface area (TPSA) is 114 Å². The molecule has 0 unspecified atom stereocenters. The van der Waals surface area contributed by atoms with Crippen LogP contribution in [0.5, 0.6) is 0 Å². The highest BCUT2D eigenvalue weighted by Gasteiger charge is 2.24. The van der Waals surface area contributed by atoms with E-state index in [9.17, 15) is 19.2 Å². The lowest BCUT2D eigenvalue weighted by atomic mass is 10.2. The fraction of sp³-hybridized carbons (Fsp3) is 0.375. The molecule has 0 saturated carbocycles. The molecule has 0 aliphatic carbocycles. The van der Waals surface area contributed by atoms with Crippen molar-refractivity contribution in [3.8, 4) is 0 Å². The van der Waals surface area contributed by atoms with Crippen LogP contribution in [-0.4, -0.2) is 43.4 Å². The molecule has 0 aliphatic heterocycles. The Balaban J connectivity index is 2.52. The predicted molar refractivity (Wildman–Crippen MR) is 85.5 cm³/mol. The van der Waals surface area contributed by atoms with Crippen molar-refractivity contribution < 1.29 is 23.9 Å². The van der Waals surface area contributed by atoms with E-state index in [-0.39, 0.29) is 18.9 Å². The average Bonchev–Trinajstić information content (AvgIpc) is 2.57. The molecule has 0 saturated heterocycles. The summed E-state index contributed by atoms with van der Waals surface area (Å²) in [5.41, 5.74) is 0.912. The number of amides is 3. The van der Waals surface area contributed by atoms with Crippen LogP contribution < -0.4 is 16.0 Å². The minimum absolute atomic E-state index is 0.259. The van der Waals surface area contributed by atoms with Crippen LogP contribution in [-0.2, 0) is 30.5 Å². The Bertz CT molecular complexity index is 589. The van der Waals surface area contributed by atoms with Gasteiger partial charge in [0.25, 0.3) is 0 Å². The molecule has 1 aromatic carbocycles. The smallest absolute Gasteiger partial charge is 0.328 e. The van der Waals surface area contributed by atoms with E-state index >= 15 is 0 Å². The predicted octanol–water partition coefficient (Wildman–Crippen LogP) is -0.513. The van der Waals surface area contributed by atoms with Crippen LogP contribution in [0.2, 0.25) is 0 Å². The van der Waals surface area contributed by atoms with E-state index in [1.165, 1.54) is 6.92 Å². The minimum Gasteiger partial charge on any atom is -0.467 e. The molecule has 1 aromatic rings. The van der Waals surface area contributed by atoms with Gasteiger partial charge in [-0.3, -0.25) is 14.4 Å². The first kappa shape index (κ1) is 19.1. The molecule has 0 aromatic heterocycles. The summed E-state index contributed by atoms with van der Waals surface area (Å²) in [6.07, 6.45) is -0.259. The Morgan fingerprint density at radius 3 is 2.29 bits per heavy atom. The van der Waals surface area contributed by atoms with E-state index in [0.717, 1.165) is 12.7 Å². The van der Waals surface area contributed by atoms with Crippen molar-refractivity contribution >= 4 is 23.7 Å². The van der Waals surface area contributed by atoms with Gasteiger partial charge in [-0.2, -0.15) is 0 Å². The van der Waals surface area contributed by atoms with Crippen LogP contribution >= 0.6 is 0 Å². The van der Waals surface area contributed by atoms with Crippen LogP contribution in [0, 0.1) is 0 Å². The highest BCUT2D eigenvalue weighted by Crippen LogP contribution is 2.00. The molecule has 1 atom stereocenters. The van der Waals surface area contributed by atoms with Gasteiger partial charge in [0.05, 0.1) is 20.1 Å². The van der Waals surface area contributed by atoms with Crippen molar-refractivity contribution in [1.82, 2.24) is 16.0 Å². The van der Waals surface area contributed by atoms with Crippen molar-refractivity contribution in [3.63, 3.8) is 0 Å². The van der Waals surface area contributed by atoms with Crippen molar-refractivity contribution in [2.45, 2.75) is 25.9 Å². The number of nitrogens with one attached hydrogen (secondary N) is 3. The van der Waals surface area contributed by atoms with Crippen LogP contribution in [0.15, 0.2) is 30.3 Å². The summed E-state index contributed by atoms with van der Waals surface area (Å²) < 4.78 is 4.58. The molecule has 3 amide bonds. The number of carbonyl (C=O) groups excluding carboxylic acids is 4. The third-order valence-corrected chi connectivity index (χ3v) is 3.04. The van der Waals surface area contributed by atoms with Crippen molar-refractivity contribution in [3.05, 3.63) is 35.9 Å². The maximum atomic E-state index is 12.0. The molecule has 130 valence electrons. The molecule has 0 heterocycles. The van der Waals surface area contributed by atoms with E-state index in [1.807, 2.05) is 30.3 Å². The number of benzene rings is 1. The van der Waals surface area contributed by atoms with E-state index in [2.05, 4.69) is 20.7 Å². The van der Waals surface area contributed by atoms with Gasteiger partial charge in [-0.15, -0.1) is 0 Å². The van der Waals surface area contributed by atoms with Gasteiger partial charge in [0.1, 0.15) is 6.04 Å². The first-order valence-corrected chi connectivity index (χ1v) is 7.34. The molecule has 1 rings (SSSR count). The summed E-state index contributed by atoms with van der Waals surface area (Å²) in [6.45, 7) is 1.30. The fourth-order valence-corrected chi connectivity index (χ4v) is 1.84. The lowest BCUT2D eigenvalue weighted by Gasteiger charge is -2.16. The zero-order valence-corrected chi connectivity index (χ0v) is 13.6. The van der Waals surface area contributed by atoms with Crippen molar-refractivity contribution in [2.24, 2.45) is 0 Å². The summed E-state index contributed by atoms with van der Waals surface area (Å²) in [5, 5.41) is 7.33. The number of rotatable bonds is 8. The fourth-order valence-electron chi connectivity index (χ4n) is 1.84. The van der Waals surface area contributed by atoms with Gasteiger partial charge >= 0.3 is 5.97 Å². The zero-order chi connectivity index (χ0) is 17.9. The number of hydrogen-bond acceptors (Lipinski definition) is 5. The zero-order valence-electron chi connectivity index (χ0n) is 13.6. The Morgan fingerprint density at radius 2 is 1.71 bits per heavy atom. The first-order chi connectivity index (χ1) is 11.4. The van der Waals surface area contributed by atoms with Crippen LogP contribution in [0.25, 0.3) is 0 Å².